The van der Waals surface area contributed by atoms with Gasteiger partial charge in [0.25, 0.3) is 0 Å². The van der Waals surface area contributed by atoms with Crippen LogP contribution in [0.1, 0.15) is 13.3 Å². The molecule has 2 heteroatoms. The van der Waals surface area contributed by atoms with Crippen LogP contribution in [-0.4, -0.2) is 37.7 Å². The molecule has 0 aromatic heterocycles. The van der Waals surface area contributed by atoms with Crippen molar-refractivity contribution < 1.29 is 4.74 Å². The summed E-state index contributed by atoms with van der Waals surface area (Å²) in [6.07, 6.45) is 5.28. The average molecular weight is 181 g/mol. The summed E-state index contributed by atoms with van der Waals surface area (Å²) in [6, 6.07) is 0. The lowest BCUT2D eigenvalue weighted by atomic mass is 10.2. The monoisotopic (exact) mass is 181 g/mol. The number of rotatable bonds is 4. The highest BCUT2D eigenvalue weighted by Crippen LogP contribution is 2.04. The summed E-state index contributed by atoms with van der Waals surface area (Å²) in [7, 11) is 0. The Morgan fingerprint density at radius 3 is 2.69 bits per heavy atom. The normalized spacial score (nSPS) is 20.2. The third kappa shape index (κ3) is 3.75. The lowest BCUT2D eigenvalue weighted by Crippen LogP contribution is -2.37. The molecule has 0 unspecified atom stereocenters. The van der Waals surface area contributed by atoms with Gasteiger partial charge in [-0.25, -0.2) is 0 Å². The molecule has 0 amide bonds. The highest BCUT2D eigenvalue weighted by Gasteiger charge is 2.09. The van der Waals surface area contributed by atoms with Crippen LogP contribution in [0.3, 0.4) is 0 Å². The lowest BCUT2D eigenvalue weighted by molar-refractivity contribution is 0.0426. The van der Waals surface area contributed by atoms with Gasteiger partial charge in [-0.05, 0) is 12.0 Å². The van der Waals surface area contributed by atoms with Crippen molar-refractivity contribution in [1.29, 1.82) is 0 Å². The smallest absolute Gasteiger partial charge is 0.0594 e. The van der Waals surface area contributed by atoms with Crippen molar-refractivity contribution in [1.82, 2.24) is 4.90 Å². The molecular formula is C11H19NO. The van der Waals surface area contributed by atoms with Crippen molar-refractivity contribution in [2.45, 2.75) is 13.3 Å². The highest BCUT2D eigenvalue weighted by atomic mass is 16.5. The second kappa shape index (κ2) is 5.95. The molecule has 1 aliphatic rings. The molecule has 0 saturated carbocycles. The Morgan fingerprint density at radius 1 is 1.46 bits per heavy atom. The van der Waals surface area contributed by atoms with Gasteiger partial charge in [0.15, 0.2) is 0 Å². The molecule has 1 aliphatic heterocycles. The molecule has 0 aromatic rings. The van der Waals surface area contributed by atoms with Crippen molar-refractivity contribution in [2.24, 2.45) is 0 Å². The van der Waals surface area contributed by atoms with E-state index in [0.29, 0.717) is 0 Å². The van der Waals surface area contributed by atoms with Crippen LogP contribution in [0.4, 0.5) is 0 Å². The predicted octanol–water partition coefficient (Wildman–Crippen LogP) is 1.84. The third-order valence-corrected chi connectivity index (χ3v) is 2.24. The van der Waals surface area contributed by atoms with Gasteiger partial charge in [-0.2, -0.15) is 0 Å². The Kier molecular flexibility index (Phi) is 4.79. The van der Waals surface area contributed by atoms with E-state index in [-0.39, 0.29) is 0 Å². The summed E-state index contributed by atoms with van der Waals surface area (Å²) in [5.41, 5.74) is 1.34. The van der Waals surface area contributed by atoms with E-state index in [2.05, 4.69) is 24.5 Å². The Bertz CT molecular complexity index is 181. The first kappa shape index (κ1) is 10.5. The Morgan fingerprint density at radius 2 is 2.15 bits per heavy atom. The molecule has 0 bridgehead atoms. The molecule has 74 valence electrons. The Labute approximate surface area is 80.9 Å². The van der Waals surface area contributed by atoms with Gasteiger partial charge < -0.3 is 4.74 Å². The first-order chi connectivity index (χ1) is 6.36. The van der Waals surface area contributed by atoms with Gasteiger partial charge in [0.05, 0.1) is 13.2 Å². The van der Waals surface area contributed by atoms with Crippen molar-refractivity contribution >= 4 is 0 Å². The molecular weight excluding hydrogens is 162 g/mol. The SMILES string of the molecule is C=CC(=CCC)CN1CCOCC1. The van der Waals surface area contributed by atoms with Gasteiger partial charge in [0.2, 0.25) is 0 Å². The van der Waals surface area contributed by atoms with Crippen molar-refractivity contribution in [3.8, 4) is 0 Å². The number of allylic oxidation sites excluding steroid dienone is 1. The van der Waals surface area contributed by atoms with Gasteiger partial charge in [0, 0.05) is 19.6 Å². The zero-order valence-corrected chi connectivity index (χ0v) is 8.46. The molecule has 13 heavy (non-hydrogen) atoms. The molecule has 0 N–H and O–H groups in total. The average Bonchev–Trinajstić information content (AvgIpc) is 2.19. The fourth-order valence-electron chi connectivity index (χ4n) is 1.49. The minimum Gasteiger partial charge on any atom is -0.379 e. The first-order valence-corrected chi connectivity index (χ1v) is 4.98. The first-order valence-electron chi connectivity index (χ1n) is 4.98. The maximum Gasteiger partial charge on any atom is 0.0594 e. The van der Waals surface area contributed by atoms with Crippen LogP contribution >= 0.6 is 0 Å². The molecule has 0 aromatic carbocycles. The number of hydrogen-bond acceptors (Lipinski definition) is 2. The van der Waals surface area contributed by atoms with Crippen LogP contribution in [0.25, 0.3) is 0 Å². The number of ether oxygens (including phenoxy) is 1. The van der Waals surface area contributed by atoms with E-state index in [1.165, 1.54) is 5.57 Å². The maximum atomic E-state index is 5.29. The molecule has 0 radical (unpaired) electrons. The molecule has 2 nitrogen and oxygen atoms in total. The van der Waals surface area contributed by atoms with Gasteiger partial charge in [-0.15, -0.1) is 0 Å². The van der Waals surface area contributed by atoms with E-state index in [1.54, 1.807) is 0 Å². The zero-order valence-electron chi connectivity index (χ0n) is 8.46. The van der Waals surface area contributed by atoms with Crippen LogP contribution in [0.5, 0.6) is 0 Å². The topological polar surface area (TPSA) is 12.5 Å². The fraction of sp³-hybridized carbons (Fsp3) is 0.636. The van der Waals surface area contributed by atoms with Crippen LogP contribution in [0, 0.1) is 0 Å². The van der Waals surface area contributed by atoms with Gasteiger partial charge in [-0.1, -0.05) is 25.7 Å². The van der Waals surface area contributed by atoms with Gasteiger partial charge >= 0.3 is 0 Å². The molecule has 1 heterocycles. The molecule has 1 saturated heterocycles. The molecule has 0 spiro atoms. The molecule has 0 aliphatic carbocycles. The molecule has 1 fully saturated rings. The predicted molar refractivity (Wildman–Crippen MR) is 55.8 cm³/mol. The summed E-state index contributed by atoms with van der Waals surface area (Å²) < 4.78 is 5.29. The van der Waals surface area contributed by atoms with Crippen LogP contribution in [0.15, 0.2) is 24.3 Å². The quantitative estimate of drug-likeness (QED) is 0.614. The van der Waals surface area contributed by atoms with E-state index in [1.807, 2.05) is 6.08 Å². The number of hydrogen-bond donors (Lipinski definition) is 0. The summed E-state index contributed by atoms with van der Waals surface area (Å²) in [5.74, 6) is 0. The second-order valence-corrected chi connectivity index (χ2v) is 3.28. The maximum absolute atomic E-state index is 5.29. The summed E-state index contributed by atoms with van der Waals surface area (Å²) in [6.45, 7) is 10.8. The third-order valence-electron chi connectivity index (χ3n) is 2.24. The Hall–Kier alpha value is -0.600. The largest absolute Gasteiger partial charge is 0.379 e. The van der Waals surface area contributed by atoms with E-state index in [4.69, 9.17) is 4.74 Å². The number of nitrogens with zero attached hydrogens (tertiary/aromatic N) is 1. The van der Waals surface area contributed by atoms with Gasteiger partial charge in [-0.3, -0.25) is 4.90 Å². The number of morpholine rings is 1. The van der Waals surface area contributed by atoms with Crippen molar-refractivity contribution in [3.63, 3.8) is 0 Å². The fourth-order valence-corrected chi connectivity index (χ4v) is 1.49. The van der Waals surface area contributed by atoms with E-state index < -0.39 is 0 Å². The summed E-state index contributed by atoms with van der Waals surface area (Å²) in [4.78, 5) is 2.41. The minimum atomic E-state index is 0.872. The van der Waals surface area contributed by atoms with E-state index in [9.17, 15) is 0 Å². The molecule has 0 atom stereocenters. The summed E-state index contributed by atoms with van der Waals surface area (Å²) in [5, 5.41) is 0. The van der Waals surface area contributed by atoms with Crippen LogP contribution in [0.2, 0.25) is 0 Å². The van der Waals surface area contributed by atoms with Crippen molar-refractivity contribution in [3.05, 3.63) is 24.3 Å². The van der Waals surface area contributed by atoms with Crippen LogP contribution < -0.4 is 0 Å². The summed E-state index contributed by atoms with van der Waals surface area (Å²) >= 11 is 0. The van der Waals surface area contributed by atoms with E-state index in [0.717, 1.165) is 39.3 Å². The lowest BCUT2D eigenvalue weighted by Gasteiger charge is -2.26. The van der Waals surface area contributed by atoms with Gasteiger partial charge in [0.1, 0.15) is 0 Å². The minimum absolute atomic E-state index is 0.872. The van der Waals surface area contributed by atoms with Crippen LogP contribution in [-0.2, 0) is 4.74 Å². The zero-order chi connectivity index (χ0) is 9.52. The van der Waals surface area contributed by atoms with E-state index >= 15 is 0 Å². The highest BCUT2D eigenvalue weighted by molar-refractivity contribution is 5.17. The Balaban J connectivity index is 2.35. The standard InChI is InChI=1S/C11H19NO/c1-3-5-11(4-2)10-12-6-8-13-9-7-12/h4-5H,2-3,6-10H2,1H3. The second-order valence-electron chi connectivity index (χ2n) is 3.28. The molecule has 1 rings (SSSR count). The van der Waals surface area contributed by atoms with Crippen molar-refractivity contribution in [2.75, 3.05) is 32.8 Å².